The topological polar surface area (TPSA) is 104 Å². The minimum Gasteiger partial charge on any atom is -0.466 e. The second kappa shape index (κ2) is 14.3. The summed E-state index contributed by atoms with van der Waals surface area (Å²) in [5.41, 5.74) is 2.08. The third-order valence-corrected chi connectivity index (χ3v) is 8.40. The van der Waals surface area contributed by atoms with E-state index in [0.29, 0.717) is 52.0 Å². The lowest BCUT2D eigenvalue weighted by molar-refractivity contribution is -0.146. The van der Waals surface area contributed by atoms with E-state index in [1.54, 1.807) is 23.6 Å². The van der Waals surface area contributed by atoms with Crippen molar-refractivity contribution in [1.82, 2.24) is 14.1 Å². The van der Waals surface area contributed by atoms with Crippen LogP contribution < -0.4 is 0 Å². The summed E-state index contributed by atoms with van der Waals surface area (Å²) in [4.78, 5) is 41.2. The zero-order chi connectivity index (χ0) is 26.7. The quantitative estimate of drug-likeness (QED) is 0.368. The van der Waals surface area contributed by atoms with E-state index >= 15 is 0 Å². The first-order valence-electron chi connectivity index (χ1n) is 12.9. The zero-order valence-electron chi connectivity index (χ0n) is 22.1. The molecule has 0 spiro atoms. The Labute approximate surface area is 215 Å². The van der Waals surface area contributed by atoms with Gasteiger partial charge in [0, 0.05) is 38.6 Å². The molecule has 2 amide bonds. The van der Waals surface area contributed by atoms with Crippen LogP contribution in [-0.2, 0) is 35.7 Å². The first-order chi connectivity index (χ1) is 17.1. The van der Waals surface area contributed by atoms with Gasteiger partial charge in [-0.2, -0.15) is 4.31 Å². The van der Waals surface area contributed by atoms with Crippen molar-refractivity contribution in [2.24, 2.45) is 0 Å². The number of sulfonamides is 1. The molecule has 2 rings (SSSR count). The lowest BCUT2D eigenvalue weighted by Crippen LogP contribution is -2.51. The van der Waals surface area contributed by atoms with Crippen molar-refractivity contribution in [2.75, 3.05) is 38.5 Å². The summed E-state index contributed by atoms with van der Waals surface area (Å²) >= 11 is 0. The molecule has 1 aliphatic rings. The van der Waals surface area contributed by atoms with E-state index in [9.17, 15) is 22.8 Å². The molecule has 0 saturated carbocycles. The third kappa shape index (κ3) is 8.58. The fourth-order valence-corrected chi connectivity index (χ4v) is 5.54. The lowest BCUT2D eigenvalue weighted by atomic mass is 10.0. The number of piperidine rings is 1. The van der Waals surface area contributed by atoms with Crippen molar-refractivity contribution in [2.45, 2.75) is 72.4 Å². The molecule has 1 aromatic carbocycles. The summed E-state index contributed by atoms with van der Waals surface area (Å²) in [6.45, 7) is 8.96. The minimum absolute atomic E-state index is 0.0512. The molecule has 1 aromatic rings. The van der Waals surface area contributed by atoms with Crippen LogP contribution in [0.4, 0.5) is 0 Å². The highest BCUT2D eigenvalue weighted by Crippen LogP contribution is 2.22. The van der Waals surface area contributed by atoms with Crippen LogP contribution in [0.5, 0.6) is 0 Å². The Bertz CT molecular complexity index is 989. The van der Waals surface area contributed by atoms with Crippen LogP contribution in [0.15, 0.2) is 24.3 Å². The van der Waals surface area contributed by atoms with Crippen LogP contribution >= 0.6 is 0 Å². The molecule has 0 atom stereocenters. The molecule has 0 aliphatic carbocycles. The predicted molar refractivity (Wildman–Crippen MR) is 139 cm³/mol. The number of nitrogens with zero attached hydrogens (tertiary/aromatic N) is 3. The highest BCUT2D eigenvalue weighted by molar-refractivity contribution is 7.89. The Morgan fingerprint density at radius 3 is 2.31 bits per heavy atom. The number of rotatable bonds is 13. The summed E-state index contributed by atoms with van der Waals surface area (Å²) in [7, 11) is -3.51. The van der Waals surface area contributed by atoms with E-state index in [1.165, 1.54) is 4.31 Å². The van der Waals surface area contributed by atoms with E-state index in [-0.39, 0.29) is 49.0 Å². The number of likely N-dealkylation sites (tertiary alicyclic amines) is 1. The number of hydrogen-bond acceptors (Lipinski definition) is 6. The van der Waals surface area contributed by atoms with Crippen molar-refractivity contribution < 1.29 is 27.5 Å². The van der Waals surface area contributed by atoms with Gasteiger partial charge in [-0.1, -0.05) is 31.2 Å². The van der Waals surface area contributed by atoms with Gasteiger partial charge in [-0.3, -0.25) is 14.4 Å². The zero-order valence-corrected chi connectivity index (χ0v) is 22.9. The molecule has 1 saturated heterocycles. The van der Waals surface area contributed by atoms with Crippen molar-refractivity contribution in [3.8, 4) is 0 Å². The van der Waals surface area contributed by atoms with Gasteiger partial charge in [0.15, 0.2) is 0 Å². The first kappa shape index (κ1) is 29.8. The Hall–Kier alpha value is -2.46. The monoisotopic (exact) mass is 523 g/mol. The van der Waals surface area contributed by atoms with E-state index < -0.39 is 10.0 Å². The number of esters is 1. The predicted octanol–water partition coefficient (Wildman–Crippen LogP) is 2.72. The molecule has 0 bridgehead atoms. The van der Waals surface area contributed by atoms with E-state index in [0.717, 1.165) is 11.1 Å². The van der Waals surface area contributed by atoms with Gasteiger partial charge in [0.2, 0.25) is 21.8 Å². The summed E-state index contributed by atoms with van der Waals surface area (Å²) in [5.74, 6) is -0.753. The Kier molecular flexibility index (Phi) is 11.8. The first-order valence-corrected chi connectivity index (χ1v) is 14.5. The number of amides is 2. The molecule has 0 aromatic heterocycles. The highest BCUT2D eigenvalue weighted by Gasteiger charge is 2.32. The average Bonchev–Trinajstić information content (AvgIpc) is 2.86. The molecular formula is C26H41N3O6S. The highest BCUT2D eigenvalue weighted by atomic mass is 32.2. The molecule has 0 radical (unpaired) electrons. The van der Waals surface area contributed by atoms with Crippen LogP contribution in [0.1, 0.15) is 64.0 Å². The fraction of sp³-hybridized carbons (Fsp3) is 0.654. The minimum atomic E-state index is -3.51. The number of hydrogen-bond donors (Lipinski definition) is 0. The molecule has 1 fully saturated rings. The van der Waals surface area contributed by atoms with Crippen LogP contribution in [0.2, 0.25) is 0 Å². The van der Waals surface area contributed by atoms with Gasteiger partial charge in [-0.05, 0) is 51.2 Å². The average molecular weight is 524 g/mol. The van der Waals surface area contributed by atoms with Gasteiger partial charge in [-0.25, -0.2) is 8.42 Å². The van der Waals surface area contributed by atoms with Gasteiger partial charge in [0.1, 0.15) is 0 Å². The van der Waals surface area contributed by atoms with Gasteiger partial charge in [-0.15, -0.1) is 0 Å². The molecule has 36 heavy (non-hydrogen) atoms. The molecular weight excluding hydrogens is 482 g/mol. The van der Waals surface area contributed by atoms with Crippen LogP contribution in [0, 0.1) is 6.92 Å². The van der Waals surface area contributed by atoms with Crippen LogP contribution in [0.25, 0.3) is 0 Å². The number of aryl methyl sites for hydroxylation is 1. The molecule has 202 valence electrons. The molecule has 1 heterocycles. The van der Waals surface area contributed by atoms with Gasteiger partial charge in [0.05, 0.1) is 25.3 Å². The second-order valence-corrected chi connectivity index (χ2v) is 11.4. The number of benzene rings is 1. The SMILES string of the molecule is CCCN(CC(=O)N(Cc1ccccc1C)C1CCN(C(=O)CCC(=O)OCC)CC1)S(=O)(=O)CC. The Morgan fingerprint density at radius 1 is 1.06 bits per heavy atom. The number of ether oxygens (including phenoxy) is 1. The fourth-order valence-electron chi connectivity index (χ4n) is 4.41. The maximum Gasteiger partial charge on any atom is 0.306 e. The van der Waals surface area contributed by atoms with E-state index in [4.69, 9.17) is 4.74 Å². The Morgan fingerprint density at radius 2 is 1.72 bits per heavy atom. The van der Waals surface area contributed by atoms with E-state index in [1.807, 2.05) is 38.1 Å². The van der Waals surface area contributed by atoms with Gasteiger partial charge in [0.25, 0.3) is 0 Å². The summed E-state index contributed by atoms with van der Waals surface area (Å²) in [6.07, 6.45) is 1.98. The number of carbonyl (C=O) groups is 3. The summed E-state index contributed by atoms with van der Waals surface area (Å²) in [5, 5.41) is 0. The second-order valence-electron chi connectivity index (χ2n) is 9.10. The smallest absolute Gasteiger partial charge is 0.306 e. The normalized spacial score (nSPS) is 14.6. The molecule has 10 heteroatoms. The van der Waals surface area contributed by atoms with Gasteiger partial charge >= 0.3 is 5.97 Å². The molecule has 1 aliphatic heterocycles. The Balaban J connectivity index is 2.13. The van der Waals surface area contributed by atoms with Gasteiger partial charge < -0.3 is 14.5 Å². The maximum atomic E-state index is 13.5. The van der Waals surface area contributed by atoms with Crippen molar-refractivity contribution >= 4 is 27.8 Å². The molecule has 0 unspecified atom stereocenters. The summed E-state index contributed by atoms with van der Waals surface area (Å²) in [6, 6.07) is 7.74. The standard InChI is InChI=1S/C26H41N3O6S/c1-5-16-28(36(33,34)7-3)20-25(31)29(19-22-11-9-8-10-21(22)4)23-14-17-27(18-15-23)24(30)12-13-26(32)35-6-2/h8-11,23H,5-7,12-20H2,1-4H3. The van der Waals surface area contributed by atoms with Crippen molar-refractivity contribution in [3.63, 3.8) is 0 Å². The number of carbonyl (C=O) groups excluding carboxylic acids is 3. The van der Waals surface area contributed by atoms with Crippen molar-refractivity contribution in [3.05, 3.63) is 35.4 Å². The lowest BCUT2D eigenvalue weighted by Gasteiger charge is -2.39. The third-order valence-electron chi connectivity index (χ3n) is 6.57. The van der Waals surface area contributed by atoms with Crippen LogP contribution in [0.3, 0.4) is 0 Å². The maximum absolute atomic E-state index is 13.5. The molecule has 0 N–H and O–H groups in total. The summed E-state index contributed by atoms with van der Waals surface area (Å²) < 4.78 is 31.4. The van der Waals surface area contributed by atoms with Crippen molar-refractivity contribution in [1.29, 1.82) is 0 Å². The van der Waals surface area contributed by atoms with E-state index in [2.05, 4.69) is 0 Å². The largest absolute Gasteiger partial charge is 0.466 e. The molecule has 9 nitrogen and oxygen atoms in total. The van der Waals surface area contributed by atoms with Crippen LogP contribution in [-0.4, -0.2) is 84.9 Å².